The lowest BCUT2D eigenvalue weighted by Crippen LogP contribution is -2.15. The Hall–Kier alpha value is -3.05. The molecular weight excluding hydrogens is 368 g/mol. The molecule has 0 amide bonds. The van der Waals surface area contributed by atoms with Gasteiger partial charge in [-0.05, 0) is 48.7 Å². The highest BCUT2D eigenvalue weighted by atomic mass is 35.5. The Bertz CT molecular complexity index is 1260. The first-order valence-corrected chi connectivity index (χ1v) is 8.69. The second-order valence-electron chi connectivity index (χ2n) is 6.49. The summed E-state index contributed by atoms with van der Waals surface area (Å²) >= 11 is 5.98. The monoisotopic (exact) mass is 382 g/mol. The third-order valence-corrected chi connectivity index (χ3v) is 5.02. The van der Waals surface area contributed by atoms with Crippen LogP contribution in [0, 0.1) is 13.8 Å². The first kappa shape index (κ1) is 17.4. The third kappa shape index (κ3) is 2.80. The number of hydrogen-bond donors (Lipinski definition) is 1. The molecule has 6 heteroatoms. The van der Waals surface area contributed by atoms with Crippen molar-refractivity contribution in [2.45, 2.75) is 20.3 Å². The number of aryl methyl sites for hydroxylation is 2. The van der Waals surface area contributed by atoms with E-state index in [2.05, 4.69) is 0 Å². The SMILES string of the molecule is Cc1cc2oc(=O)c(CC(=O)O)c(C)c2c2occ(-c3ccc(Cl)cc3)c12. The van der Waals surface area contributed by atoms with Gasteiger partial charge in [-0.25, -0.2) is 4.79 Å². The van der Waals surface area contributed by atoms with E-state index in [4.69, 9.17) is 25.5 Å². The number of rotatable bonds is 3. The van der Waals surface area contributed by atoms with Crippen molar-refractivity contribution in [1.82, 2.24) is 0 Å². The first-order valence-electron chi connectivity index (χ1n) is 8.31. The molecule has 2 heterocycles. The molecule has 0 saturated heterocycles. The Morgan fingerprint density at radius 2 is 1.85 bits per heavy atom. The van der Waals surface area contributed by atoms with E-state index in [1.807, 2.05) is 19.1 Å². The number of fused-ring (bicyclic) bond motifs is 3. The molecule has 0 saturated carbocycles. The molecule has 0 aliphatic heterocycles. The fourth-order valence-electron chi connectivity index (χ4n) is 3.49. The minimum Gasteiger partial charge on any atom is -0.481 e. The Morgan fingerprint density at radius 3 is 2.52 bits per heavy atom. The van der Waals surface area contributed by atoms with Crippen molar-refractivity contribution in [3.63, 3.8) is 0 Å². The van der Waals surface area contributed by atoms with Gasteiger partial charge in [0.15, 0.2) is 0 Å². The van der Waals surface area contributed by atoms with Crippen molar-refractivity contribution in [3.8, 4) is 11.1 Å². The maximum Gasteiger partial charge on any atom is 0.340 e. The van der Waals surface area contributed by atoms with E-state index in [9.17, 15) is 9.59 Å². The number of carbonyl (C=O) groups is 1. The lowest BCUT2D eigenvalue weighted by molar-refractivity contribution is -0.136. The van der Waals surface area contributed by atoms with E-state index in [0.717, 1.165) is 22.1 Å². The second-order valence-corrected chi connectivity index (χ2v) is 6.93. The van der Waals surface area contributed by atoms with Crippen molar-refractivity contribution in [2.75, 3.05) is 0 Å². The van der Waals surface area contributed by atoms with Gasteiger partial charge in [-0.15, -0.1) is 0 Å². The van der Waals surface area contributed by atoms with E-state index in [1.165, 1.54) is 0 Å². The normalized spacial score (nSPS) is 11.4. The maximum atomic E-state index is 12.2. The fraction of sp³-hybridized carbons (Fsp3) is 0.143. The van der Waals surface area contributed by atoms with Crippen LogP contribution in [0.25, 0.3) is 33.1 Å². The topological polar surface area (TPSA) is 80.7 Å². The summed E-state index contributed by atoms with van der Waals surface area (Å²) in [6.07, 6.45) is 1.26. The highest BCUT2D eigenvalue weighted by Gasteiger charge is 2.21. The van der Waals surface area contributed by atoms with E-state index in [0.29, 0.717) is 27.1 Å². The van der Waals surface area contributed by atoms with Crippen molar-refractivity contribution in [2.24, 2.45) is 0 Å². The molecule has 0 unspecified atom stereocenters. The van der Waals surface area contributed by atoms with Crippen LogP contribution in [-0.4, -0.2) is 11.1 Å². The second kappa shape index (κ2) is 6.28. The Labute approximate surface area is 158 Å². The molecule has 27 heavy (non-hydrogen) atoms. The van der Waals surface area contributed by atoms with Gasteiger partial charge in [0.05, 0.1) is 23.6 Å². The van der Waals surface area contributed by atoms with Crippen LogP contribution in [0.5, 0.6) is 0 Å². The van der Waals surface area contributed by atoms with Crippen molar-refractivity contribution >= 4 is 39.5 Å². The van der Waals surface area contributed by atoms with Gasteiger partial charge in [0.2, 0.25) is 0 Å². The molecule has 2 aromatic carbocycles. The third-order valence-electron chi connectivity index (χ3n) is 4.77. The van der Waals surface area contributed by atoms with Crippen LogP contribution in [0.15, 0.2) is 50.2 Å². The average molecular weight is 383 g/mol. The molecule has 136 valence electrons. The van der Waals surface area contributed by atoms with Gasteiger partial charge in [-0.2, -0.15) is 0 Å². The number of aliphatic carboxylic acids is 1. The fourth-order valence-corrected chi connectivity index (χ4v) is 3.61. The summed E-state index contributed by atoms with van der Waals surface area (Å²) in [5, 5.41) is 11.3. The quantitative estimate of drug-likeness (QED) is 0.498. The zero-order chi connectivity index (χ0) is 19.3. The smallest absolute Gasteiger partial charge is 0.340 e. The van der Waals surface area contributed by atoms with Gasteiger partial charge < -0.3 is 13.9 Å². The number of furan rings is 1. The highest BCUT2D eigenvalue weighted by molar-refractivity contribution is 6.30. The van der Waals surface area contributed by atoms with Crippen LogP contribution in [0.2, 0.25) is 5.02 Å². The van der Waals surface area contributed by atoms with E-state index >= 15 is 0 Å². The van der Waals surface area contributed by atoms with Crippen molar-refractivity contribution in [3.05, 3.63) is 68.7 Å². The summed E-state index contributed by atoms with van der Waals surface area (Å²) in [5.41, 5.74) is 3.75. The molecular formula is C21H15ClO5. The molecule has 2 aromatic heterocycles. The zero-order valence-corrected chi connectivity index (χ0v) is 15.4. The van der Waals surface area contributed by atoms with Crippen LogP contribution in [0.1, 0.15) is 16.7 Å². The maximum absolute atomic E-state index is 12.2. The number of hydrogen-bond acceptors (Lipinski definition) is 4. The lowest BCUT2D eigenvalue weighted by Gasteiger charge is -2.09. The van der Waals surface area contributed by atoms with E-state index in [-0.39, 0.29) is 5.56 Å². The number of carboxylic acids is 1. The van der Waals surface area contributed by atoms with E-state index < -0.39 is 18.0 Å². The zero-order valence-electron chi connectivity index (χ0n) is 14.6. The minimum absolute atomic E-state index is 0.129. The van der Waals surface area contributed by atoms with Crippen LogP contribution in [0.4, 0.5) is 0 Å². The number of halogens is 1. The van der Waals surface area contributed by atoms with Crippen LogP contribution in [0.3, 0.4) is 0 Å². The summed E-state index contributed by atoms with van der Waals surface area (Å²) in [6, 6.07) is 9.21. The highest BCUT2D eigenvalue weighted by Crippen LogP contribution is 2.39. The Kier molecular flexibility index (Phi) is 4.04. The standard InChI is InChI=1S/C21H15ClO5/c1-10-7-16-19(11(2)14(8-17(23)24)21(25)27-16)20-18(10)15(9-26-20)12-3-5-13(22)6-4-12/h3-7,9H,8H2,1-2H3,(H,23,24). The molecule has 4 rings (SSSR count). The number of carboxylic acid groups (broad SMARTS) is 1. The summed E-state index contributed by atoms with van der Waals surface area (Å²) in [4.78, 5) is 23.4. The van der Waals surface area contributed by atoms with Gasteiger partial charge in [-0.1, -0.05) is 23.7 Å². The number of benzene rings is 2. The summed E-state index contributed by atoms with van der Waals surface area (Å²) in [6.45, 7) is 3.63. The summed E-state index contributed by atoms with van der Waals surface area (Å²) in [5.74, 6) is -1.09. The molecule has 5 nitrogen and oxygen atoms in total. The summed E-state index contributed by atoms with van der Waals surface area (Å²) in [7, 11) is 0. The van der Waals surface area contributed by atoms with Crippen LogP contribution < -0.4 is 5.63 Å². The Morgan fingerprint density at radius 1 is 1.15 bits per heavy atom. The van der Waals surface area contributed by atoms with Gasteiger partial charge >= 0.3 is 11.6 Å². The van der Waals surface area contributed by atoms with E-state index in [1.54, 1.807) is 31.4 Å². The summed E-state index contributed by atoms with van der Waals surface area (Å²) < 4.78 is 11.3. The molecule has 0 atom stereocenters. The molecule has 0 aliphatic carbocycles. The molecule has 0 spiro atoms. The van der Waals surface area contributed by atoms with Gasteiger partial charge in [-0.3, -0.25) is 4.79 Å². The molecule has 4 aromatic rings. The largest absolute Gasteiger partial charge is 0.481 e. The van der Waals surface area contributed by atoms with Crippen LogP contribution >= 0.6 is 11.6 Å². The lowest BCUT2D eigenvalue weighted by atomic mass is 9.96. The van der Waals surface area contributed by atoms with Crippen molar-refractivity contribution < 1.29 is 18.7 Å². The predicted molar refractivity (Wildman–Crippen MR) is 104 cm³/mol. The van der Waals surface area contributed by atoms with Crippen LogP contribution in [-0.2, 0) is 11.2 Å². The molecule has 0 bridgehead atoms. The van der Waals surface area contributed by atoms with Gasteiger partial charge in [0, 0.05) is 16.0 Å². The van der Waals surface area contributed by atoms with Gasteiger partial charge in [0.1, 0.15) is 11.2 Å². The molecule has 0 fully saturated rings. The molecule has 0 aliphatic rings. The first-order chi connectivity index (χ1) is 12.9. The Balaban J connectivity index is 2.08. The average Bonchev–Trinajstić information content (AvgIpc) is 3.04. The van der Waals surface area contributed by atoms with Crippen molar-refractivity contribution in [1.29, 1.82) is 0 Å². The van der Waals surface area contributed by atoms with Gasteiger partial charge in [0.25, 0.3) is 0 Å². The minimum atomic E-state index is -1.09. The molecule has 1 N–H and O–H groups in total. The predicted octanol–water partition coefficient (Wildman–Crippen LogP) is 5.10. The molecule has 0 radical (unpaired) electrons.